The van der Waals surface area contributed by atoms with E-state index in [1.165, 1.54) is 38.5 Å². The fourth-order valence-electron chi connectivity index (χ4n) is 1.09. The molecule has 0 nitrogen and oxygen atoms in total. The fourth-order valence-corrected chi connectivity index (χ4v) is 1.09. The van der Waals surface area contributed by atoms with Gasteiger partial charge in [-0.3, -0.25) is 0 Å². The normalized spacial score (nSPS) is 11.8. The first-order chi connectivity index (χ1) is 6.41. The van der Waals surface area contributed by atoms with E-state index >= 15 is 0 Å². The van der Waals surface area contributed by atoms with E-state index in [0.717, 1.165) is 6.42 Å². The minimum atomic E-state index is 1.06. The molecule has 0 bridgehead atoms. The monoisotopic (exact) mass is 179 g/mol. The Hall–Kier alpha value is -0.520. The lowest BCUT2D eigenvalue weighted by atomic mass is 10.2. The Morgan fingerprint density at radius 1 is 0.846 bits per heavy atom. The summed E-state index contributed by atoms with van der Waals surface area (Å²) in [5, 5.41) is 0. The van der Waals surface area contributed by atoms with Crippen LogP contribution in [0.3, 0.4) is 0 Å². The highest BCUT2D eigenvalue weighted by Gasteiger charge is 1.79. The number of unbranched alkanes of at least 4 members (excludes halogenated alkanes) is 4. The molecule has 0 aromatic heterocycles. The molecule has 0 aromatic carbocycles. The predicted molar refractivity (Wildman–Crippen MR) is 61.6 cm³/mol. The van der Waals surface area contributed by atoms with Gasteiger partial charge in [0.15, 0.2) is 0 Å². The zero-order chi connectivity index (χ0) is 9.78. The van der Waals surface area contributed by atoms with Crippen LogP contribution in [0.4, 0.5) is 0 Å². The van der Waals surface area contributed by atoms with Crippen LogP contribution in [-0.4, -0.2) is 0 Å². The van der Waals surface area contributed by atoms with E-state index < -0.39 is 0 Å². The van der Waals surface area contributed by atoms with Crippen molar-refractivity contribution in [1.29, 1.82) is 0 Å². The van der Waals surface area contributed by atoms with Crippen molar-refractivity contribution < 1.29 is 0 Å². The first-order valence-corrected chi connectivity index (χ1v) is 5.51. The molecule has 0 rings (SSSR count). The summed E-state index contributed by atoms with van der Waals surface area (Å²) >= 11 is 0. The third-order valence-electron chi connectivity index (χ3n) is 1.91. The molecule has 0 heteroatoms. The van der Waals surface area contributed by atoms with Crippen molar-refractivity contribution in [2.75, 3.05) is 0 Å². The Labute approximate surface area is 83.7 Å². The fraction of sp³-hybridized carbons (Fsp3) is 0.615. The summed E-state index contributed by atoms with van der Waals surface area (Å²) < 4.78 is 0. The molecule has 0 spiro atoms. The van der Waals surface area contributed by atoms with Gasteiger partial charge in [-0.05, 0) is 32.1 Å². The Morgan fingerprint density at radius 3 is 1.92 bits per heavy atom. The highest BCUT2D eigenvalue weighted by atomic mass is 13.9. The number of rotatable bonds is 8. The SMILES string of the molecule is [CH2]CCC/C=C/CC/C=C/CCC. The Bertz CT molecular complexity index is 131. The molecule has 75 valence electrons. The Balaban J connectivity index is 3.10. The molecule has 0 heterocycles. The first kappa shape index (κ1) is 12.5. The molecule has 1 radical (unpaired) electrons. The quantitative estimate of drug-likeness (QED) is 0.375. The van der Waals surface area contributed by atoms with Gasteiger partial charge in [0.2, 0.25) is 0 Å². The maximum absolute atomic E-state index is 3.81. The summed E-state index contributed by atoms with van der Waals surface area (Å²) in [6, 6.07) is 0. The van der Waals surface area contributed by atoms with Crippen molar-refractivity contribution in [1.82, 2.24) is 0 Å². The average Bonchev–Trinajstić information content (AvgIpc) is 2.16. The zero-order valence-corrected chi connectivity index (χ0v) is 8.97. The van der Waals surface area contributed by atoms with Crippen LogP contribution < -0.4 is 0 Å². The van der Waals surface area contributed by atoms with Gasteiger partial charge in [-0.15, -0.1) is 0 Å². The molecule has 0 aliphatic carbocycles. The van der Waals surface area contributed by atoms with Gasteiger partial charge in [0.05, 0.1) is 0 Å². The Kier molecular flexibility index (Phi) is 11.0. The molecule has 0 aliphatic rings. The molecule has 0 N–H and O–H groups in total. The van der Waals surface area contributed by atoms with Crippen LogP contribution in [0.5, 0.6) is 0 Å². The zero-order valence-electron chi connectivity index (χ0n) is 8.97. The summed E-state index contributed by atoms with van der Waals surface area (Å²) in [6.45, 7) is 6.02. The van der Waals surface area contributed by atoms with Gasteiger partial charge in [-0.25, -0.2) is 0 Å². The molecule has 0 aliphatic heterocycles. The second-order valence-electron chi connectivity index (χ2n) is 3.30. The van der Waals surface area contributed by atoms with Crippen LogP contribution in [0.25, 0.3) is 0 Å². The molecular weight excluding hydrogens is 156 g/mol. The van der Waals surface area contributed by atoms with Gasteiger partial charge in [0.1, 0.15) is 0 Å². The number of hydrogen-bond acceptors (Lipinski definition) is 0. The summed E-state index contributed by atoms with van der Waals surface area (Å²) in [4.78, 5) is 0. The minimum absolute atomic E-state index is 1.06. The molecule has 0 amide bonds. The van der Waals surface area contributed by atoms with E-state index in [-0.39, 0.29) is 0 Å². The van der Waals surface area contributed by atoms with E-state index in [0.29, 0.717) is 0 Å². The van der Waals surface area contributed by atoms with Crippen LogP contribution in [0.1, 0.15) is 51.9 Å². The van der Waals surface area contributed by atoms with E-state index in [1.807, 2.05) is 0 Å². The molecule has 0 saturated heterocycles. The summed E-state index contributed by atoms with van der Waals surface area (Å²) in [5.41, 5.74) is 0. The van der Waals surface area contributed by atoms with Crippen LogP contribution in [0.15, 0.2) is 24.3 Å². The molecule has 13 heavy (non-hydrogen) atoms. The molecule has 0 saturated carbocycles. The van der Waals surface area contributed by atoms with Gasteiger partial charge in [-0.1, -0.05) is 51.0 Å². The van der Waals surface area contributed by atoms with Crippen LogP contribution in [0, 0.1) is 6.92 Å². The van der Waals surface area contributed by atoms with Crippen molar-refractivity contribution in [3.05, 3.63) is 31.2 Å². The highest BCUT2D eigenvalue weighted by Crippen LogP contribution is 1.99. The summed E-state index contributed by atoms with van der Waals surface area (Å²) in [5.74, 6) is 0. The van der Waals surface area contributed by atoms with Gasteiger partial charge >= 0.3 is 0 Å². The maximum atomic E-state index is 3.81. The maximum Gasteiger partial charge on any atom is -0.0316 e. The van der Waals surface area contributed by atoms with Crippen molar-refractivity contribution in [2.24, 2.45) is 0 Å². The lowest BCUT2D eigenvalue weighted by Gasteiger charge is -1.89. The van der Waals surface area contributed by atoms with Crippen LogP contribution >= 0.6 is 0 Å². The molecule has 0 unspecified atom stereocenters. The van der Waals surface area contributed by atoms with Crippen LogP contribution in [0.2, 0.25) is 0 Å². The minimum Gasteiger partial charge on any atom is -0.0885 e. The standard InChI is InChI=1S/C13H23/c1-3-5-7-9-11-13-12-10-8-6-4-2/h8-11H,1,3-7,12-13H2,2H3/b10-8+,11-9+. The lowest BCUT2D eigenvalue weighted by molar-refractivity contribution is 0.860. The van der Waals surface area contributed by atoms with Gasteiger partial charge in [-0.2, -0.15) is 0 Å². The third-order valence-corrected chi connectivity index (χ3v) is 1.91. The lowest BCUT2D eigenvalue weighted by Crippen LogP contribution is -1.69. The predicted octanol–water partition coefficient (Wildman–Crippen LogP) is 4.68. The van der Waals surface area contributed by atoms with Crippen molar-refractivity contribution in [3.63, 3.8) is 0 Å². The van der Waals surface area contributed by atoms with E-state index in [2.05, 4.69) is 38.2 Å². The third kappa shape index (κ3) is 11.5. The number of hydrogen-bond donors (Lipinski definition) is 0. The van der Waals surface area contributed by atoms with Crippen molar-refractivity contribution >= 4 is 0 Å². The molecular formula is C13H23. The topological polar surface area (TPSA) is 0 Å². The summed E-state index contributed by atoms with van der Waals surface area (Å²) in [6.07, 6.45) is 17.5. The highest BCUT2D eigenvalue weighted by molar-refractivity contribution is 4.87. The van der Waals surface area contributed by atoms with Crippen molar-refractivity contribution in [2.45, 2.75) is 51.9 Å². The van der Waals surface area contributed by atoms with E-state index in [1.54, 1.807) is 0 Å². The van der Waals surface area contributed by atoms with Crippen molar-refractivity contribution in [3.8, 4) is 0 Å². The second-order valence-corrected chi connectivity index (χ2v) is 3.30. The van der Waals surface area contributed by atoms with Crippen LogP contribution in [-0.2, 0) is 0 Å². The van der Waals surface area contributed by atoms with Gasteiger partial charge in [0.25, 0.3) is 0 Å². The number of allylic oxidation sites excluding steroid dienone is 4. The van der Waals surface area contributed by atoms with Gasteiger partial charge in [0, 0.05) is 0 Å². The molecule has 0 atom stereocenters. The van der Waals surface area contributed by atoms with E-state index in [9.17, 15) is 0 Å². The smallest absolute Gasteiger partial charge is 0.0316 e. The molecule has 0 aromatic rings. The first-order valence-electron chi connectivity index (χ1n) is 5.51. The second kappa shape index (κ2) is 11.5. The molecule has 0 fully saturated rings. The Morgan fingerprint density at radius 2 is 1.38 bits per heavy atom. The average molecular weight is 179 g/mol. The van der Waals surface area contributed by atoms with E-state index in [4.69, 9.17) is 0 Å². The largest absolute Gasteiger partial charge is 0.0885 e. The van der Waals surface area contributed by atoms with Gasteiger partial charge < -0.3 is 0 Å². The summed E-state index contributed by atoms with van der Waals surface area (Å²) in [7, 11) is 0.